The third-order valence-electron chi connectivity index (χ3n) is 7.62. The molecule has 2 aliphatic heterocycles. The fourth-order valence-electron chi connectivity index (χ4n) is 5.72. The number of nitrogens with zero attached hydrogens (tertiary/aromatic N) is 5. The largest absolute Gasteiger partial charge is 0.315 e. The summed E-state index contributed by atoms with van der Waals surface area (Å²) >= 11 is 0. The fourth-order valence-corrected chi connectivity index (χ4v) is 5.72. The molecule has 4 unspecified atom stereocenters. The summed E-state index contributed by atoms with van der Waals surface area (Å²) in [5.41, 5.74) is 4.92. The lowest BCUT2D eigenvalue weighted by Crippen LogP contribution is -2.52. The molecule has 0 aliphatic carbocycles. The first kappa shape index (κ1) is 19.0. The Morgan fingerprint density at radius 1 is 0.967 bits per heavy atom. The summed E-state index contributed by atoms with van der Waals surface area (Å²) in [7, 11) is 0. The molecule has 5 heteroatoms. The zero-order chi connectivity index (χ0) is 20.9. The van der Waals surface area contributed by atoms with E-state index in [-0.39, 0.29) is 11.6 Å². The van der Waals surface area contributed by atoms with Gasteiger partial charge in [-0.3, -0.25) is 4.98 Å². The van der Waals surface area contributed by atoms with E-state index in [0.717, 1.165) is 30.0 Å². The van der Waals surface area contributed by atoms with Crippen LogP contribution >= 0.6 is 0 Å². The van der Waals surface area contributed by atoms with E-state index in [1.807, 2.05) is 18.6 Å². The first-order chi connectivity index (χ1) is 14.6. The number of benzene rings is 1. The van der Waals surface area contributed by atoms with Gasteiger partial charge in [-0.25, -0.2) is 9.97 Å². The van der Waals surface area contributed by atoms with E-state index in [0.29, 0.717) is 11.8 Å². The zero-order valence-corrected chi connectivity index (χ0v) is 18.2. The second kappa shape index (κ2) is 7.08. The Hall–Kier alpha value is -2.95. The topological polar surface area (TPSA) is 45.2 Å². The second-order valence-corrected chi connectivity index (χ2v) is 8.77. The van der Waals surface area contributed by atoms with Gasteiger partial charge in [0, 0.05) is 29.2 Å². The SMILES string of the molecule is CCC1c2ccccc2N2c3ncncc3N(c3ccncc3)C2C(C)(CC)C1C. The number of pyridine rings is 1. The molecule has 2 aromatic heterocycles. The Labute approximate surface area is 178 Å². The summed E-state index contributed by atoms with van der Waals surface area (Å²) < 4.78 is 0. The van der Waals surface area contributed by atoms with E-state index in [4.69, 9.17) is 4.98 Å². The highest BCUT2D eigenvalue weighted by molar-refractivity contribution is 5.87. The molecule has 0 fully saturated rings. The summed E-state index contributed by atoms with van der Waals surface area (Å²) in [5, 5.41) is 0. The van der Waals surface area contributed by atoms with Crippen molar-refractivity contribution >= 4 is 22.9 Å². The molecule has 154 valence electrons. The van der Waals surface area contributed by atoms with Crippen molar-refractivity contribution in [1.29, 1.82) is 0 Å². The predicted octanol–water partition coefficient (Wildman–Crippen LogP) is 6.05. The zero-order valence-electron chi connectivity index (χ0n) is 18.2. The van der Waals surface area contributed by atoms with Crippen molar-refractivity contribution in [2.75, 3.05) is 9.80 Å². The van der Waals surface area contributed by atoms with Crippen molar-refractivity contribution in [3.05, 3.63) is 66.9 Å². The van der Waals surface area contributed by atoms with Crippen LogP contribution in [0.4, 0.5) is 22.9 Å². The van der Waals surface area contributed by atoms with E-state index in [2.05, 4.69) is 83.9 Å². The number of para-hydroxylation sites is 1. The third-order valence-corrected chi connectivity index (χ3v) is 7.62. The van der Waals surface area contributed by atoms with Crippen molar-refractivity contribution < 1.29 is 0 Å². The standard InChI is InChI=1S/C25H29N5/c1-5-19-17(3)25(4,6-2)24-29(18-11-13-26-14-12-18)22-15-27-16-28-23(22)30(24)21-10-8-7-9-20(19)21/h7-17,19,24H,5-6H2,1-4H3. The maximum Gasteiger partial charge on any atom is 0.162 e. The Balaban J connectivity index is 1.84. The minimum absolute atomic E-state index is 0.0314. The fraction of sp³-hybridized carbons (Fsp3) is 0.400. The molecule has 0 N–H and O–H groups in total. The molecule has 0 amide bonds. The Bertz CT molecular complexity index is 1050. The number of rotatable bonds is 3. The molecule has 30 heavy (non-hydrogen) atoms. The van der Waals surface area contributed by atoms with Gasteiger partial charge in [0.05, 0.1) is 6.20 Å². The summed E-state index contributed by atoms with van der Waals surface area (Å²) in [6.07, 6.45) is 9.68. The number of fused-ring (bicyclic) bond motifs is 5. The molecule has 5 rings (SSSR count). The smallest absolute Gasteiger partial charge is 0.162 e. The van der Waals surface area contributed by atoms with Crippen molar-refractivity contribution in [2.45, 2.75) is 52.6 Å². The lowest BCUT2D eigenvalue weighted by Gasteiger charge is -2.47. The van der Waals surface area contributed by atoms with Crippen LogP contribution in [0.3, 0.4) is 0 Å². The van der Waals surface area contributed by atoms with Gasteiger partial charge >= 0.3 is 0 Å². The first-order valence-corrected chi connectivity index (χ1v) is 11.0. The summed E-state index contributed by atoms with van der Waals surface area (Å²) in [6, 6.07) is 13.1. The number of hydrogen-bond donors (Lipinski definition) is 0. The molecule has 4 atom stereocenters. The number of aromatic nitrogens is 3. The molecule has 3 aromatic rings. The molecule has 0 radical (unpaired) electrons. The third kappa shape index (κ3) is 2.51. The average molecular weight is 400 g/mol. The van der Waals surface area contributed by atoms with Gasteiger partial charge in [-0.2, -0.15) is 0 Å². The average Bonchev–Trinajstić information content (AvgIpc) is 3.12. The van der Waals surface area contributed by atoms with Crippen LogP contribution in [0.15, 0.2) is 61.3 Å². The van der Waals surface area contributed by atoms with E-state index in [1.54, 1.807) is 6.33 Å². The van der Waals surface area contributed by atoms with Crippen LogP contribution in [0.1, 0.15) is 52.0 Å². The van der Waals surface area contributed by atoms with Gasteiger partial charge in [-0.15, -0.1) is 0 Å². The number of anilines is 4. The first-order valence-electron chi connectivity index (χ1n) is 11.0. The molecular formula is C25H29N5. The van der Waals surface area contributed by atoms with Gasteiger partial charge < -0.3 is 9.80 Å². The molecule has 0 spiro atoms. The lowest BCUT2D eigenvalue weighted by atomic mass is 9.66. The Morgan fingerprint density at radius 2 is 1.73 bits per heavy atom. The van der Waals surface area contributed by atoms with Gasteiger partial charge in [0.2, 0.25) is 0 Å². The van der Waals surface area contributed by atoms with Gasteiger partial charge in [-0.05, 0) is 48.4 Å². The highest BCUT2D eigenvalue weighted by atomic mass is 15.5. The van der Waals surface area contributed by atoms with Gasteiger partial charge in [0.1, 0.15) is 18.2 Å². The molecule has 2 aliphatic rings. The van der Waals surface area contributed by atoms with E-state index < -0.39 is 0 Å². The highest BCUT2D eigenvalue weighted by Crippen LogP contribution is 2.59. The molecule has 5 nitrogen and oxygen atoms in total. The van der Waals surface area contributed by atoms with E-state index in [9.17, 15) is 0 Å². The maximum atomic E-state index is 4.79. The normalized spacial score (nSPS) is 27.3. The summed E-state index contributed by atoms with van der Waals surface area (Å²) in [6.45, 7) is 9.55. The summed E-state index contributed by atoms with van der Waals surface area (Å²) in [4.78, 5) is 18.4. The Kier molecular flexibility index (Phi) is 4.49. The predicted molar refractivity (Wildman–Crippen MR) is 121 cm³/mol. The van der Waals surface area contributed by atoms with Crippen LogP contribution < -0.4 is 9.80 Å². The molecular weight excluding hydrogens is 370 g/mol. The van der Waals surface area contributed by atoms with Crippen molar-refractivity contribution in [3.8, 4) is 0 Å². The van der Waals surface area contributed by atoms with E-state index >= 15 is 0 Å². The van der Waals surface area contributed by atoms with Crippen molar-refractivity contribution in [3.63, 3.8) is 0 Å². The maximum absolute atomic E-state index is 4.79. The highest BCUT2D eigenvalue weighted by Gasteiger charge is 2.54. The Morgan fingerprint density at radius 3 is 2.47 bits per heavy atom. The van der Waals surface area contributed by atoms with Crippen LogP contribution in [-0.4, -0.2) is 21.1 Å². The van der Waals surface area contributed by atoms with Crippen LogP contribution in [0.5, 0.6) is 0 Å². The van der Waals surface area contributed by atoms with Crippen LogP contribution in [0, 0.1) is 11.3 Å². The monoisotopic (exact) mass is 399 g/mol. The quantitative estimate of drug-likeness (QED) is 0.537. The van der Waals surface area contributed by atoms with Gasteiger partial charge in [0.15, 0.2) is 5.82 Å². The molecule has 0 saturated carbocycles. The number of hydrogen-bond acceptors (Lipinski definition) is 5. The van der Waals surface area contributed by atoms with E-state index in [1.165, 1.54) is 11.3 Å². The summed E-state index contributed by atoms with van der Waals surface area (Å²) in [5.74, 6) is 1.99. The molecule has 1 aromatic carbocycles. The van der Waals surface area contributed by atoms with Crippen LogP contribution in [0.2, 0.25) is 0 Å². The molecule has 0 bridgehead atoms. The van der Waals surface area contributed by atoms with Crippen LogP contribution in [0.25, 0.3) is 0 Å². The lowest BCUT2D eigenvalue weighted by molar-refractivity contribution is 0.131. The minimum Gasteiger partial charge on any atom is -0.315 e. The van der Waals surface area contributed by atoms with Gasteiger partial charge in [0.25, 0.3) is 0 Å². The van der Waals surface area contributed by atoms with Crippen LogP contribution in [-0.2, 0) is 0 Å². The van der Waals surface area contributed by atoms with Gasteiger partial charge in [-0.1, -0.05) is 45.9 Å². The van der Waals surface area contributed by atoms with Crippen molar-refractivity contribution in [1.82, 2.24) is 15.0 Å². The second-order valence-electron chi connectivity index (χ2n) is 8.77. The molecule has 0 saturated heterocycles. The molecule has 4 heterocycles. The minimum atomic E-state index is 0.0314. The van der Waals surface area contributed by atoms with Crippen molar-refractivity contribution in [2.24, 2.45) is 11.3 Å².